The summed E-state index contributed by atoms with van der Waals surface area (Å²) in [5.74, 6) is -1.43. The molecule has 126 valence electrons. The smallest absolute Gasteiger partial charge is 0.315 e. The number of ether oxygens (including phenoxy) is 1. The van der Waals surface area contributed by atoms with Crippen LogP contribution in [0.15, 0.2) is 34.5 Å². The van der Waals surface area contributed by atoms with Crippen LogP contribution in [-0.4, -0.2) is 24.6 Å². The van der Waals surface area contributed by atoms with Crippen molar-refractivity contribution in [3.05, 3.63) is 45.1 Å². The number of methoxy groups -OCH3 is 1. The molecule has 0 saturated carbocycles. The largest absolute Gasteiger partial charge is 0.468 e. The fraction of sp³-hybridized carbons (Fsp3) is 0.389. The van der Waals surface area contributed by atoms with Crippen molar-refractivity contribution in [2.75, 3.05) is 7.11 Å². The zero-order chi connectivity index (χ0) is 17.4. The van der Waals surface area contributed by atoms with E-state index in [1.54, 1.807) is 25.1 Å². The van der Waals surface area contributed by atoms with E-state index in [-0.39, 0.29) is 5.78 Å². The van der Waals surface area contributed by atoms with Gasteiger partial charge in [-0.15, -0.1) is 0 Å². The van der Waals surface area contributed by atoms with Crippen molar-refractivity contribution in [3.8, 4) is 0 Å². The maximum Gasteiger partial charge on any atom is 0.315 e. The predicted molar refractivity (Wildman–Crippen MR) is 93.7 cm³/mol. The van der Waals surface area contributed by atoms with Gasteiger partial charge in [-0.1, -0.05) is 29.3 Å². The number of carbonyl (C=O) groups excluding carboxylic acids is 2. The minimum Gasteiger partial charge on any atom is -0.468 e. The fourth-order valence-corrected chi connectivity index (χ4v) is 3.81. The van der Waals surface area contributed by atoms with Crippen LogP contribution >= 0.6 is 23.2 Å². The minimum atomic E-state index is -0.631. The summed E-state index contributed by atoms with van der Waals surface area (Å²) in [6.45, 7) is 1.80. The van der Waals surface area contributed by atoms with Gasteiger partial charge in [-0.2, -0.15) is 0 Å². The van der Waals surface area contributed by atoms with Crippen molar-refractivity contribution in [3.63, 3.8) is 0 Å². The minimum absolute atomic E-state index is 0.0393. The van der Waals surface area contributed by atoms with Gasteiger partial charge in [-0.25, -0.2) is 0 Å². The number of nitrogens with zero attached hydrogens (tertiary/aromatic N) is 1. The summed E-state index contributed by atoms with van der Waals surface area (Å²) >= 11 is 12.2. The molecule has 0 aromatic heterocycles. The van der Waals surface area contributed by atoms with Gasteiger partial charge in [0.05, 0.1) is 17.2 Å². The molecule has 0 bridgehead atoms. The number of allylic oxidation sites excluding steroid dienone is 2. The first-order chi connectivity index (χ1) is 11.4. The van der Waals surface area contributed by atoms with Crippen molar-refractivity contribution in [1.29, 1.82) is 0 Å². The molecular weight excluding hydrogens is 349 g/mol. The van der Waals surface area contributed by atoms with Crippen LogP contribution in [0.2, 0.25) is 10.0 Å². The van der Waals surface area contributed by atoms with Gasteiger partial charge in [0.1, 0.15) is 5.92 Å². The maximum absolute atomic E-state index is 12.6. The Balaban J connectivity index is 2.20. The third-order valence-electron chi connectivity index (χ3n) is 4.59. The molecule has 2 atom stereocenters. The van der Waals surface area contributed by atoms with Crippen LogP contribution in [0.5, 0.6) is 0 Å². The van der Waals surface area contributed by atoms with E-state index >= 15 is 0 Å². The molecule has 1 aromatic carbocycles. The highest BCUT2D eigenvalue weighted by Gasteiger charge is 2.42. The average Bonchev–Trinajstić information content (AvgIpc) is 2.55. The van der Waals surface area contributed by atoms with Crippen LogP contribution in [0.4, 0.5) is 0 Å². The molecule has 24 heavy (non-hydrogen) atoms. The van der Waals surface area contributed by atoms with E-state index in [0.29, 0.717) is 27.8 Å². The Morgan fingerprint density at radius 3 is 2.67 bits per heavy atom. The first kappa shape index (κ1) is 17.2. The lowest BCUT2D eigenvalue weighted by Gasteiger charge is -2.34. The molecular formula is C18H17Cl2NO3. The first-order valence-electron chi connectivity index (χ1n) is 7.78. The summed E-state index contributed by atoms with van der Waals surface area (Å²) in [7, 11) is 1.34. The third kappa shape index (κ3) is 2.89. The molecule has 1 aromatic rings. The molecule has 0 amide bonds. The quantitative estimate of drug-likeness (QED) is 0.732. The van der Waals surface area contributed by atoms with Gasteiger partial charge in [0, 0.05) is 29.3 Å². The molecule has 1 heterocycles. The second kappa shape index (κ2) is 6.69. The molecule has 0 fully saturated rings. The molecule has 6 heteroatoms. The highest BCUT2D eigenvalue weighted by atomic mass is 35.5. The molecule has 1 unspecified atom stereocenters. The molecule has 1 aliphatic carbocycles. The van der Waals surface area contributed by atoms with Crippen molar-refractivity contribution >= 4 is 40.7 Å². The summed E-state index contributed by atoms with van der Waals surface area (Å²) in [5.41, 5.74) is 2.82. The molecule has 0 saturated heterocycles. The number of Topliss-reactive ketones (excluding diaryl/α,β-unsaturated/α-hetero) is 1. The number of halogens is 2. The number of ketones is 1. The lowest BCUT2D eigenvalue weighted by Crippen LogP contribution is -2.36. The second-order valence-electron chi connectivity index (χ2n) is 6.04. The number of hydrogen-bond acceptors (Lipinski definition) is 4. The average molecular weight is 366 g/mol. The van der Waals surface area contributed by atoms with E-state index in [1.165, 1.54) is 7.11 Å². The van der Waals surface area contributed by atoms with Gasteiger partial charge >= 0.3 is 5.97 Å². The summed E-state index contributed by atoms with van der Waals surface area (Å²) in [6, 6.07) is 5.21. The topological polar surface area (TPSA) is 55.7 Å². The Bertz CT molecular complexity index is 782. The lowest BCUT2D eigenvalue weighted by molar-refractivity contribution is -0.143. The van der Waals surface area contributed by atoms with Gasteiger partial charge in [0.2, 0.25) is 0 Å². The Morgan fingerprint density at radius 2 is 2.00 bits per heavy atom. The van der Waals surface area contributed by atoms with E-state index in [4.69, 9.17) is 27.9 Å². The van der Waals surface area contributed by atoms with Crippen LogP contribution in [0.1, 0.15) is 37.7 Å². The molecule has 1 aliphatic heterocycles. The highest BCUT2D eigenvalue weighted by Crippen LogP contribution is 2.44. The second-order valence-corrected chi connectivity index (χ2v) is 6.86. The molecule has 2 aliphatic rings. The van der Waals surface area contributed by atoms with E-state index in [9.17, 15) is 9.59 Å². The summed E-state index contributed by atoms with van der Waals surface area (Å²) in [4.78, 5) is 29.5. The Morgan fingerprint density at radius 1 is 1.25 bits per heavy atom. The van der Waals surface area contributed by atoms with Crippen LogP contribution in [0.25, 0.3) is 0 Å². The number of carbonyl (C=O) groups is 2. The monoisotopic (exact) mass is 365 g/mol. The third-order valence-corrected chi connectivity index (χ3v) is 5.33. The van der Waals surface area contributed by atoms with Crippen molar-refractivity contribution < 1.29 is 14.3 Å². The van der Waals surface area contributed by atoms with Crippen molar-refractivity contribution in [1.82, 2.24) is 0 Å². The molecule has 0 N–H and O–H groups in total. The standard InChI is InChI=1S/C18H17Cl2NO3/c1-9-15(18(23)24-2)16(10-6-7-11(19)12(20)8-10)17-13(21-9)4-3-5-14(17)22/h6-8,15-16H,3-5H2,1-2H3/t15?,16-/m1/s1. The lowest BCUT2D eigenvalue weighted by atomic mass is 9.72. The summed E-state index contributed by atoms with van der Waals surface area (Å²) in [6.07, 6.45) is 1.99. The molecule has 4 nitrogen and oxygen atoms in total. The predicted octanol–water partition coefficient (Wildman–Crippen LogP) is 4.35. The molecule has 0 spiro atoms. The van der Waals surface area contributed by atoms with Gasteiger partial charge in [-0.3, -0.25) is 14.6 Å². The van der Waals surface area contributed by atoms with Crippen molar-refractivity contribution in [2.24, 2.45) is 10.9 Å². The van der Waals surface area contributed by atoms with Crippen LogP contribution in [0, 0.1) is 5.92 Å². The van der Waals surface area contributed by atoms with Crippen LogP contribution in [0.3, 0.4) is 0 Å². The Kier molecular flexibility index (Phi) is 4.79. The van der Waals surface area contributed by atoms with Gasteiger partial charge in [-0.05, 0) is 37.5 Å². The van der Waals surface area contributed by atoms with Gasteiger partial charge in [0.15, 0.2) is 5.78 Å². The number of benzene rings is 1. The van der Waals surface area contributed by atoms with E-state index in [0.717, 1.165) is 24.1 Å². The van der Waals surface area contributed by atoms with Gasteiger partial charge in [0.25, 0.3) is 0 Å². The first-order valence-corrected chi connectivity index (χ1v) is 8.53. The summed E-state index contributed by atoms with van der Waals surface area (Å²) < 4.78 is 4.97. The Hall–Kier alpha value is -1.65. The van der Waals surface area contributed by atoms with E-state index in [1.807, 2.05) is 0 Å². The normalized spacial score (nSPS) is 23.7. The SMILES string of the molecule is COC(=O)C1C(C)=NC2=C(C(=O)CCC2)[C@@H]1c1ccc(Cl)c(Cl)c1. The van der Waals surface area contributed by atoms with Crippen LogP contribution < -0.4 is 0 Å². The van der Waals surface area contributed by atoms with E-state index in [2.05, 4.69) is 4.99 Å². The number of esters is 1. The number of hydrogen-bond donors (Lipinski definition) is 0. The number of aliphatic imine (C=N–C) groups is 1. The highest BCUT2D eigenvalue weighted by molar-refractivity contribution is 6.42. The zero-order valence-electron chi connectivity index (χ0n) is 13.4. The summed E-state index contributed by atoms with van der Waals surface area (Å²) in [5, 5.41) is 0.823. The zero-order valence-corrected chi connectivity index (χ0v) is 14.9. The molecule has 0 radical (unpaired) electrons. The maximum atomic E-state index is 12.6. The molecule has 3 rings (SSSR count). The van der Waals surface area contributed by atoms with Crippen molar-refractivity contribution in [2.45, 2.75) is 32.1 Å². The fourth-order valence-electron chi connectivity index (χ4n) is 3.50. The van der Waals surface area contributed by atoms with Crippen LogP contribution in [-0.2, 0) is 14.3 Å². The van der Waals surface area contributed by atoms with E-state index < -0.39 is 17.8 Å². The van der Waals surface area contributed by atoms with Gasteiger partial charge < -0.3 is 4.74 Å². The Labute approximate surface area is 150 Å². The number of rotatable bonds is 2.